The predicted molar refractivity (Wildman–Crippen MR) is 104 cm³/mol. The van der Waals surface area contributed by atoms with Crippen LogP contribution in [0.4, 0.5) is 17.1 Å². The molecule has 1 aromatic heterocycles. The molecule has 0 atom stereocenters. The van der Waals surface area contributed by atoms with Crippen LogP contribution in [0.25, 0.3) is 10.8 Å². The highest BCUT2D eigenvalue weighted by molar-refractivity contribution is 6.02. The summed E-state index contributed by atoms with van der Waals surface area (Å²) in [5, 5.41) is 15.5. The van der Waals surface area contributed by atoms with Gasteiger partial charge in [0.2, 0.25) is 5.91 Å². The van der Waals surface area contributed by atoms with Crippen molar-refractivity contribution >= 4 is 33.7 Å². The molecule has 1 aliphatic heterocycles. The highest BCUT2D eigenvalue weighted by atomic mass is 16.6. The first-order chi connectivity index (χ1) is 13.1. The van der Waals surface area contributed by atoms with E-state index in [4.69, 9.17) is 0 Å². The second kappa shape index (κ2) is 7.03. The lowest BCUT2D eigenvalue weighted by atomic mass is 10.0. The van der Waals surface area contributed by atoms with Crippen LogP contribution in [-0.2, 0) is 11.2 Å². The lowest BCUT2D eigenvalue weighted by molar-refractivity contribution is -0.383. The van der Waals surface area contributed by atoms with Crippen molar-refractivity contribution in [3.63, 3.8) is 0 Å². The van der Waals surface area contributed by atoms with Gasteiger partial charge in [0.15, 0.2) is 0 Å². The lowest BCUT2D eigenvalue weighted by Gasteiger charge is -2.29. The van der Waals surface area contributed by atoms with E-state index in [0.29, 0.717) is 23.0 Å². The van der Waals surface area contributed by atoms with Crippen LogP contribution in [0.2, 0.25) is 0 Å². The Morgan fingerprint density at radius 3 is 2.89 bits per heavy atom. The van der Waals surface area contributed by atoms with Gasteiger partial charge in [0.05, 0.1) is 16.9 Å². The number of hydrogen-bond donors (Lipinski definition) is 1. The molecule has 2 heterocycles. The van der Waals surface area contributed by atoms with E-state index in [1.54, 1.807) is 23.2 Å². The molecule has 7 nitrogen and oxygen atoms in total. The van der Waals surface area contributed by atoms with Crippen LogP contribution in [0, 0.1) is 10.1 Å². The van der Waals surface area contributed by atoms with E-state index in [2.05, 4.69) is 16.4 Å². The Balaban J connectivity index is 1.57. The Bertz CT molecular complexity index is 1030. The van der Waals surface area contributed by atoms with Crippen LogP contribution in [0.5, 0.6) is 0 Å². The van der Waals surface area contributed by atoms with Gasteiger partial charge in [-0.15, -0.1) is 0 Å². The standard InChI is InChI=1S/C20H18N4O3/c25-20(23-11-3-5-14-4-1-2-6-18(14)23)13-22-17-7-8-19(24(26)27)16-12-21-10-9-15(16)17/h1-2,4,6-10,12,22H,3,5,11,13H2. The number of nitro benzene ring substituents is 1. The highest BCUT2D eigenvalue weighted by Crippen LogP contribution is 2.31. The van der Waals surface area contributed by atoms with Gasteiger partial charge in [-0.05, 0) is 36.6 Å². The molecule has 0 spiro atoms. The van der Waals surface area contributed by atoms with Crippen molar-refractivity contribution in [1.82, 2.24) is 4.98 Å². The van der Waals surface area contributed by atoms with Gasteiger partial charge >= 0.3 is 0 Å². The summed E-state index contributed by atoms with van der Waals surface area (Å²) in [7, 11) is 0. The Morgan fingerprint density at radius 1 is 1.19 bits per heavy atom. The molecule has 0 aliphatic carbocycles. The van der Waals surface area contributed by atoms with Crippen molar-refractivity contribution in [2.45, 2.75) is 12.8 Å². The van der Waals surface area contributed by atoms with E-state index in [1.165, 1.54) is 17.8 Å². The number of para-hydroxylation sites is 1. The number of fused-ring (bicyclic) bond motifs is 2. The van der Waals surface area contributed by atoms with Crippen LogP contribution in [0.1, 0.15) is 12.0 Å². The van der Waals surface area contributed by atoms with Crippen LogP contribution < -0.4 is 10.2 Å². The maximum atomic E-state index is 12.8. The number of carbonyl (C=O) groups is 1. The molecular weight excluding hydrogens is 344 g/mol. The topological polar surface area (TPSA) is 88.4 Å². The molecule has 27 heavy (non-hydrogen) atoms. The zero-order valence-corrected chi connectivity index (χ0v) is 14.6. The molecular formula is C20H18N4O3. The molecule has 1 N–H and O–H groups in total. The van der Waals surface area contributed by atoms with E-state index in [9.17, 15) is 14.9 Å². The summed E-state index contributed by atoms with van der Waals surface area (Å²) in [4.78, 5) is 29.4. The number of pyridine rings is 1. The van der Waals surface area contributed by atoms with E-state index in [-0.39, 0.29) is 18.1 Å². The Labute approximate surface area is 155 Å². The highest BCUT2D eigenvalue weighted by Gasteiger charge is 2.22. The van der Waals surface area contributed by atoms with Crippen molar-refractivity contribution in [3.8, 4) is 0 Å². The molecule has 4 rings (SSSR count). The predicted octanol–water partition coefficient (Wildman–Crippen LogP) is 3.53. The number of aromatic nitrogens is 1. The number of rotatable bonds is 4. The fraction of sp³-hybridized carbons (Fsp3) is 0.200. The number of aryl methyl sites for hydroxylation is 1. The first kappa shape index (κ1) is 17.0. The molecule has 3 aromatic rings. The SMILES string of the molecule is O=C(CNc1ccc([N+](=O)[O-])c2cnccc12)N1CCCc2ccccc21. The molecule has 136 valence electrons. The average Bonchev–Trinajstić information content (AvgIpc) is 2.71. The number of amides is 1. The molecule has 0 unspecified atom stereocenters. The molecule has 2 aromatic carbocycles. The van der Waals surface area contributed by atoms with Gasteiger partial charge in [-0.25, -0.2) is 0 Å². The van der Waals surface area contributed by atoms with Crippen molar-refractivity contribution in [2.75, 3.05) is 23.3 Å². The maximum absolute atomic E-state index is 12.8. The zero-order valence-electron chi connectivity index (χ0n) is 14.6. The molecule has 0 radical (unpaired) electrons. The van der Waals surface area contributed by atoms with E-state index >= 15 is 0 Å². The molecule has 0 fully saturated rings. The Hall–Kier alpha value is -3.48. The van der Waals surface area contributed by atoms with Gasteiger partial charge in [-0.1, -0.05) is 18.2 Å². The summed E-state index contributed by atoms with van der Waals surface area (Å²) < 4.78 is 0. The van der Waals surface area contributed by atoms with Crippen LogP contribution in [0.15, 0.2) is 54.9 Å². The minimum Gasteiger partial charge on any atom is -0.376 e. The van der Waals surface area contributed by atoms with E-state index in [1.807, 2.05) is 18.2 Å². The number of nitrogens with one attached hydrogen (secondary N) is 1. The number of hydrogen-bond acceptors (Lipinski definition) is 5. The second-order valence-corrected chi connectivity index (χ2v) is 6.44. The van der Waals surface area contributed by atoms with Gasteiger partial charge in [0.1, 0.15) is 0 Å². The number of benzene rings is 2. The van der Waals surface area contributed by atoms with Crippen LogP contribution in [0.3, 0.4) is 0 Å². The average molecular weight is 362 g/mol. The number of anilines is 2. The molecule has 1 aliphatic rings. The third-order valence-electron chi connectivity index (χ3n) is 4.83. The quantitative estimate of drug-likeness (QED) is 0.566. The van der Waals surface area contributed by atoms with Crippen LogP contribution in [-0.4, -0.2) is 28.9 Å². The first-order valence-electron chi connectivity index (χ1n) is 8.78. The summed E-state index contributed by atoms with van der Waals surface area (Å²) in [6.07, 6.45) is 4.98. The minimum absolute atomic E-state index is 0.0000607. The van der Waals surface area contributed by atoms with Crippen molar-refractivity contribution in [1.29, 1.82) is 0 Å². The summed E-state index contributed by atoms with van der Waals surface area (Å²) in [5.41, 5.74) is 2.83. The van der Waals surface area contributed by atoms with E-state index < -0.39 is 4.92 Å². The number of nitrogens with zero attached hydrogens (tertiary/aromatic N) is 3. The minimum atomic E-state index is -0.427. The summed E-state index contributed by atoms with van der Waals surface area (Å²) >= 11 is 0. The van der Waals surface area contributed by atoms with Crippen molar-refractivity contribution < 1.29 is 9.72 Å². The fourth-order valence-electron chi connectivity index (χ4n) is 3.55. The zero-order chi connectivity index (χ0) is 18.8. The monoisotopic (exact) mass is 362 g/mol. The van der Waals surface area contributed by atoms with E-state index in [0.717, 1.165) is 18.5 Å². The number of nitro groups is 1. The van der Waals surface area contributed by atoms with Gasteiger partial charge in [0, 0.05) is 41.8 Å². The normalized spacial score (nSPS) is 13.3. The number of carbonyl (C=O) groups excluding carboxylic acids is 1. The van der Waals surface area contributed by atoms with Gasteiger partial charge in [-0.2, -0.15) is 0 Å². The second-order valence-electron chi connectivity index (χ2n) is 6.44. The molecule has 0 bridgehead atoms. The molecule has 0 saturated heterocycles. The third kappa shape index (κ3) is 3.19. The maximum Gasteiger partial charge on any atom is 0.278 e. The van der Waals surface area contributed by atoms with Crippen molar-refractivity contribution in [2.24, 2.45) is 0 Å². The van der Waals surface area contributed by atoms with Gasteiger partial charge in [0.25, 0.3) is 5.69 Å². The molecule has 7 heteroatoms. The van der Waals surface area contributed by atoms with Crippen LogP contribution >= 0.6 is 0 Å². The third-order valence-corrected chi connectivity index (χ3v) is 4.83. The first-order valence-corrected chi connectivity index (χ1v) is 8.78. The number of non-ortho nitro benzene ring substituents is 1. The summed E-state index contributed by atoms with van der Waals surface area (Å²) in [6, 6.07) is 12.7. The van der Waals surface area contributed by atoms with Crippen molar-refractivity contribution in [3.05, 3.63) is 70.5 Å². The largest absolute Gasteiger partial charge is 0.376 e. The van der Waals surface area contributed by atoms with Gasteiger partial charge in [-0.3, -0.25) is 19.9 Å². The lowest BCUT2D eigenvalue weighted by Crippen LogP contribution is -2.39. The fourth-order valence-corrected chi connectivity index (χ4v) is 3.55. The van der Waals surface area contributed by atoms with Gasteiger partial charge < -0.3 is 10.2 Å². The summed E-state index contributed by atoms with van der Waals surface area (Å²) in [6.45, 7) is 0.812. The Kier molecular flexibility index (Phi) is 4.42. The molecule has 0 saturated carbocycles. The summed E-state index contributed by atoms with van der Waals surface area (Å²) in [5.74, 6) is -0.0253. The molecule has 1 amide bonds. The Morgan fingerprint density at radius 2 is 2.04 bits per heavy atom. The smallest absolute Gasteiger partial charge is 0.278 e.